The number of hydrogen-bond acceptors (Lipinski definition) is 3. The van der Waals surface area contributed by atoms with Gasteiger partial charge in [-0.3, -0.25) is 0 Å². The van der Waals surface area contributed by atoms with Crippen LogP contribution < -0.4 is 4.90 Å². The number of para-hydroxylation sites is 2. The molecular weight excluding hydrogens is 294 g/mol. The van der Waals surface area contributed by atoms with E-state index in [9.17, 15) is 0 Å². The molecule has 1 heterocycles. The smallest absolute Gasteiger partial charge is 0.224 e. The van der Waals surface area contributed by atoms with Crippen LogP contribution in [-0.2, 0) is 0 Å². The molecule has 0 spiro atoms. The second kappa shape index (κ2) is 6.46. The lowest BCUT2D eigenvalue weighted by atomic mass is 10.2. The molecule has 3 aromatic rings. The molecule has 22 heavy (non-hydrogen) atoms. The van der Waals surface area contributed by atoms with Gasteiger partial charge in [-0.05, 0) is 42.8 Å². The van der Waals surface area contributed by atoms with Gasteiger partial charge in [0.2, 0.25) is 5.28 Å². The van der Waals surface area contributed by atoms with Crippen molar-refractivity contribution in [2.24, 2.45) is 0 Å². The predicted octanol–water partition coefficient (Wildman–Crippen LogP) is 4.44. The summed E-state index contributed by atoms with van der Waals surface area (Å²) in [6.45, 7) is 2.37. The number of halogens is 1. The number of anilines is 2. The molecule has 0 fully saturated rings. The van der Waals surface area contributed by atoms with Crippen LogP contribution in [0.15, 0.2) is 54.6 Å². The Morgan fingerprint density at radius 3 is 2.50 bits per heavy atom. The van der Waals surface area contributed by atoms with Crippen LogP contribution in [0.25, 0.3) is 10.9 Å². The summed E-state index contributed by atoms with van der Waals surface area (Å²) in [5.41, 5.74) is 1.84. The summed E-state index contributed by atoms with van der Waals surface area (Å²) in [6.07, 6.45) is 0. The molecule has 0 N–H and O–H groups in total. The van der Waals surface area contributed by atoms with Crippen molar-refractivity contribution >= 4 is 34.0 Å². The summed E-state index contributed by atoms with van der Waals surface area (Å²) in [7, 11) is 0. The molecule has 0 saturated heterocycles. The Hall–Kier alpha value is -2.57. The van der Waals surface area contributed by atoms with Crippen molar-refractivity contribution in [3.63, 3.8) is 0 Å². The molecule has 0 amide bonds. The Labute approximate surface area is 134 Å². The number of rotatable bonds is 3. The molecule has 0 saturated carbocycles. The van der Waals surface area contributed by atoms with Crippen LogP contribution in [0.1, 0.15) is 6.92 Å². The van der Waals surface area contributed by atoms with Crippen LogP contribution in [0.3, 0.4) is 0 Å². The van der Waals surface area contributed by atoms with E-state index >= 15 is 0 Å². The van der Waals surface area contributed by atoms with E-state index < -0.39 is 0 Å². The zero-order chi connectivity index (χ0) is 15.4. The van der Waals surface area contributed by atoms with Crippen molar-refractivity contribution in [3.05, 3.63) is 59.9 Å². The lowest BCUT2D eigenvalue weighted by Gasteiger charge is -2.22. The fraction of sp³-hybridized carbons (Fsp3) is 0.111. The van der Waals surface area contributed by atoms with Crippen LogP contribution in [0.5, 0.6) is 0 Å². The van der Waals surface area contributed by atoms with Gasteiger partial charge in [0.05, 0.1) is 12.1 Å². The van der Waals surface area contributed by atoms with Gasteiger partial charge in [-0.2, -0.15) is 4.98 Å². The fourth-order valence-corrected chi connectivity index (χ4v) is 2.46. The van der Waals surface area contributed by atoms with E-state index in [4.69, 9.17) is 11.6 Å². The molecule has 0 unspecified atom stereocenters. The summed E-state index contributed by atoms with van der Waals surface area (Å²) < 4.78 is 0. The molecule has 108 valence electrons. The number of fused-ring (bicyclic) bond motifs is 1. The molecule has 2 aromatic carbocycles. The molecule has 1 aromatic heterocycles. The quantitative estimate of drug-likeness (QED) is 0.529. The van der Waals surface area contributed by atoms with Gasteiger partial charge in [-0.15, -0.1) is 5.92 Å². The van der Waals surface area contributed by atoms with Crippen LogP contribution in [0.2, 0.25) is 5.28 Å². The van der Waals surface area contributed by atoms with Crippen molar-refractivity contribution in [1.82, 2.24) is 9.97 Å². The Morgan fingerprint density at radius 2 is 1.73 bits per heavy atom. The van der Waals surface area contributed by atoms with Crippen molar-refractivity contribution in [1.29, 1.82) is 0 Å². The van der Waals surface area contributed by atoms with Gasteiger partial charge in [0.15, 0.2) is 0 Å². The summed E-state index contributed by atoms with van der Waals surface area (Å²) in [5.74, 6) is 6.80. The molecule has 0 aliphatic heterocycles. The normalized spacial score (nSPS) is 10.1. The molecule has 3 nitrogen and oxygen atoms in total. The first kappa shape index (κ1) is 14.4. The van der Waals surface area contributed by atoms with Crippen molar-refractivity contribution in [2.75, 3.05) is 11.4 Å². The maximum Gasteiger partial charge on any atom is 0.224 e. The molecule has 0 aliphatic carbocycles. The first-order valence-electron chi connectivity index (χ1n) is 6.94. The van der Waals surface area contributed by atoms with Gasteiger partial charge in [0.25, 0.3) is 0 Å². The average Bonchev–Trinajstić information content (AvgIpc) is 2.56. The maximum absolute atomic E-state index is 6.10. The van der Waals surface area contributed by atoms with Crippen molar-refractivity contribution in [3.8, 4) is 11.8 Å². The largest absolute Gasteiger partial charge is 0.314 e. The lowest BCUT2D eigenvalue weighted by Crippen LogP contribution is -2.19. The Bertz CT molecular complexity index is 850. The number of hydrogen-bond donors (Lipinski definition) is 0. The number of nitrogens with zero attached hydrogens (tertiary/aromatic N) is 3. The van der Waals surface area contributed by atoms with Crippen LogP contribution in [-0.4, -0.2) is 16.5 Å². The molecule has 0 aliphatic rings. The highest BCUT2D eigenvalue weighted by Crippen LogP contribution is 2.30. The third kappa shape index (κ3) is 2.88. The van der Waals surface area contributed by atoms with E-state index in [1.807, 2.05) is 66.4 Å². The molecule has 0 radical (unpaired) electrons. The zero-order valence-corrected chi connectivity index (χ0v) is 12.9. The second-order valence-corrected chi connectivity index (χ2v) is 5.02. The van der Waals surface area contributed by atoms with Gasteiger partial charge in [0, 0.05) is 11.1 Å². The maximum atomic E-state index is 6.10. The highest BCUT2D eigenvalue weighted by atomic mass is 35.5. The predicted molar refractivity (Wildman–Crippen MR) is 91.4 cm³/mol. The summed E-state index contributed by atoms with van der Waals surface area (Å²) in [4.78, 5) is 10.8. The Morgan fingerprint density at radius 1 is 1.00 bits per heavy atom. The standard InChI is InChI=1S/C18H14ClN3/c1-2-3-13-22(14-9-5-4-6-10-14)17-15-11-7-8-12-16(15)20-18(19)21-17/h4-12H,13H2,1H3. The molecular formula is C18H14ClN3. The van der Waals surface area contributed by atoms with Gasteiger partial charge in [-0.25, -0.2) is 4.98 Å². The first-order chi connectivity index (χ1) is 10.8. The van der Waals surface area contributed by atoms with Crippen molar-refractivity contribution < 1.29 is 0 Å². The minimum Gasteiger partial charge on any atom is -0.314 e. The SMILES string of the molecule is CC#CCN(c1ccccc1)c1nc(Cl)nc2ccccc12. The van der Waals surface area contributed by atoms with Crippen LogP contribution in [0.4, 0.5) is 11.5 Å². The third-order valence-electron chi connectivity index (χ3n) is 3.29. The van der Waals surface area contributed by atoms with E-state index in [1.54, 1.807) is 0 Å². The average molecular weight is 308 g/mol. The molecule has 4 heteroatoms. The number of benzene rings is 2. The van der Waals surface area contributed by atoms with E-state index in [-0.39, 0.29) is 5.28 Å². The summed E-state index contributed by atoms with van der Waals surface area (Å²) in [6, 6.07) is 17.9. The summed E-state index contributed by atoms with van der Waals surface area (Å²) >= 11 is 6.10. The summed E-state index contributed by atoms with van der Waals surface area (Å²) in [5, 5.41) is 1.19. The first-order valence-corrected chi connectivity index (χ1v) is 7.32. The Kier molecular flexibility index (Phi) is 4.22. The van der Waals surface area contributed by atoms with Gasteiger partial charge < -0.3 is 4.90 Å². The van der Waals surface area contributed by atoms with E-state index in [0.717, 1.165) is 22.4 Å². The third-order valence-corrected chi connectivity index (χ3v) is 3.46. The van der Waals surface area contributed by atoms with Gasteiger partial charge >= 0.3 is 0 Å². The molecule has 3 rings (SSSR count). The monoisotopic (exact) mass is 307 g/mol. The highest BCUT2D eigenvalue weighted by Gasteiger charge is 2.14. The van der Waals surface area contributed by atoms with Gasteiger partial charge in [0.1, 0.15) is 5.82 Å². The lowest BCUT2D eigenvalue weighted by molar-refractivity contribution is 1.06. The number of aromatic nitrogens is 2. The minimum absolute atomic E-state index is 0.235. The molecule has 0 bridgehead atoms. The zero-order valence-electron chi connectivity index (χ0n) is 12.1. The minimum atomic E-state index is 0.235. The fourth-order valence-electron chi connectivity index (χ4n) is 2.29. The van der Waals surface area contributed by atoms with Crippen molar-refractivity contribution in [2.45, 2.75) is 6.92 Å². The van der Waals surface area contributed by atoms with E-state index in [0.29, 0.717) is 6.54 Å². The van der Waals surface area contributed by atoms with Crippen LogP contribution >= 0.6 is 11.6 Å². The van der Waals surface area contributed by atoms with E-state index in [2.05, 4.69) is 21.8 Å². The second-order valence-electron chi connectivity index (χ2n) is 4.68. The van der Waals surface area contributed by atoms with E-state index in [1.165, 1.54) is 0 Å². The van der Waals surface area contributed by atoms with Crippen LogP contribution in [0, 0.1) is 11.8 Å². The van der Waals surface area contributed by atoms with Gasteiger partial charge in [-0.1, -0.05) is 36.3 Å². The highest BCUT2D eigenvalue weighted by molar-refractivity contribution is 6.28. The Balaban J connectivity index is 2.21. The molecule has 0 atom stereocenters. The topological polar surface area (TPSA) is 29.0 Å².